The van der Waals surface area contributed by atoms with Gasteiger partial charge in [-0.2, -0.15) is 10.1 Å². The Bertz CT molecular complexity index is 1250. The monoisotopic (exact) mass is 404 g/mol. The molecule has 0 amide bonds. The zero-order valence-electron chi connectivity index (χ0n) is 16.7. The summed E-state index contributed by atoms with van der Waals surface area (Å²) >= 11 is 0. The molecule has 9 heteroatoms. The van der Waals surface area contributed by atoms with E-state index in [9.17, 15) is 0 Å². The maximum atomic E-state index is 5.61. The maximum absolute atomic E-state index is 5.61. The molecule has 6 rings (SSSR count). The van der Waals surface area contributed by atoms with Gasteiger partial charge in [-0.3, -0.25) is 4.68 Å². The normalized spacial score (nSPS) is 17.3. The number of aromatic nitrogens is 6. The third-order valence-electron chi connectivity index (χ3n) is 5.79. The molecule has 0 spiro atoms. The summed E-state index contributed by atoms with van der Waals surface area (Å²) in [5, 5.41) is 8.91. The van der Waals surface area contributed by atoms with Crippen LogP contribution in [0.15, 0.2) is 35.2 Å². The van der Waals surface area contributed by atoms with Gasteiger partial charge < -0.3 is 18.6 Å². The fourth-order valence-corrected chi connectivity index (χ4v) is 4.28. The second-order valence-electron chi connectivity index (χ2n) is 7.66. The van der Waals surface area contributed by atoms with E-state index in [4.69, 9.17) is 19.1 Å². The lowest BCUT2D eigenvalue weighted by Crippen LogP contribution is -2.01. The smallest absolute Gasteiger partial charge is 0.278 e. The Hall–Kier alpha value is -3.46. The minimum absolute atomic E-state index is 0.182. The third-order valence-corrected chi connectivity index (χ3v) is 5.79. The van der Waals surface area contributed by atoms with Gasteiger partial charge in [0.2, 0.25) is 0 Å². The lowest BCUT2D eigenvalue weighted by Gasteiger charge is -2.11. The van der Waals surface area contributed by atoms with Crippen molar-refractivity contribution in [2.75, 3.05) is 20.3 Å². The lowest BCUT2D eigenvalue weighted by molar-refractivity contribution is 0.192. The summed E-state index contributed by atoms with van der Waals surface area (Å²) in [6.45, 7) is 1.37. The standard InChI is InChI=1S/C21H20N6O3/c1-26-9-13-7-17-19(21-23-20(25-30-21)12-5-6-29-10-12)22-11-27(17)16-4-3-14(28-2)8-15(16)18(13)24-26/h3-4,8-9,11-12H,5-7,10H2,1-2H3/t12-/m0/s1. The van der Waals surface area contributed by atoms with Crippen LogP contribution >= 0.6 is 0 Å². The molecule has 1 atom stereocenters. The first-order valence-corrected chi connectivity index (χ1v) is 9.90. The number of nitrogens with zero attached hydrogens (tertiary/aromatic N) is 6. The summed E-state index contributed by atoms with van der Waals surface area (Å²) in [6, 6.07) is 5.99. The minimum atomic E-state index is 0.182. The van der Waals surface area contributed by atoms with Crippen molar-refractivity contribution >= 4 is 0 Å². The summed E-state index contributed by atoms with van der Waals surface area (Å²) in [6.07, 6.45) is 5.42. The van der Waals surface area contributed by atoms with E-state index in [0.717, 1.165) is 47.0 Å². The zero-order chi connectivity index (χ0) is 20.2. The van der Waals surface area contributed by atoms with Crippen LogP contribution in [-0.4, -0.2) is 49.8 Å². The van der Waals surface area contributed by atoms with Crippen LogP contribution < -0.4 is 4.74 Å². The van der Waals surface area contributed by atoms with Crippen LogP contribution in [0.25, 0.3) is 28.5 Å². The molecule has 3 aromatic heterocycles. The summed E-state index contributed by atoms with van der Waals surface area (Å²) in [7, 11) is 3.60. The molecule has 4 aromatic rings. The highest BCUT2D eigenvalue weighted by Crippen LogP contribution is 2.39. The van der Waals surface area contributed by atoms with Gasteiger partial charge in [0.05, 0.1) is 30.8 Å². The largest absolute Gasteiger partial charge is 0.497 e. The Morgan fingerprint density at radius 1 is 1.23 bits per heavy atom. The van der Waals surface area contributed by atoms with Crippen molar-refractivity contribution in [3.8, 4) is 34.3 Å². The molecular formula is C21H20N6O3. The molecule has 1 fully saturated rings. The first kappa shape index (κ1) is 17.4. The number of hydrogen-bond acceptors (Lipinski definition) is 7. The van der Waals surface area contributed by atoms with Crippen LogP contribution in [-0.2, 0) is 18.2 Å². The van der Waals surface area contributed by atoms with Crippen LogP contribution in [0.4, 0.5) is 0 Å². The van der Waals surface area contributed by atoms with Crippen molar-refractivity contribution in [1.29, 1.82) is 0 Å². The molecule has 0 unspecified atom stereocenters. The van der Waals surface area contributed by atoms with Crippen molar-refractivity contribution in [2.45, 2.75) is 18.8 Å². The summed E-state index contributed by atoms with van der Waals surface area (Å²) in [5.74, 6) is 2.09. The van der Waals surface area contributed by atoms with E-state index in [-0.39, 0.29) is 5.92 Å². The highest BCUT2D eigenvalue weighted by Gasteiger charge is 2.29. The molecule has 2 aliphatic rings. The molecular weight excluding hydrogens is 384 g/mol. The summed E-state index contributed by atoms with van der Waals surface area (Å²) in [4.78, 5) is 9.29. The average molecular weight is 404 g/mol. The number of hydrogen-bond donors (Lipinski definition) is 0. The predicted octanol–water partition coefficient (Wildman–Crippen LogP) is 2.74. The maximum Gasteiger partial charge on any atom is 0.278 e. The molecule has 5 heterocycles. The molecule has 9 nitrogen and oxygen atoms in total. The van der Waals surface area contributed by atoms with Gasteiger partial charge in [0.25, 0.3) is 5.89 Å². The van der Waals surface area contributed by atoms with E-state index >= 15 is 0 Å². The number of imidazole rings is 1. The quantitative estimate of drug-likeness (QED) is 0.456. The average Bonchev–Trinajstić information content (AvgIpc) is 3.53. The highest BCUT2D eigenvalue weighted by atomic mass is 16.5. The topological polar surface area (TPSA) is 93.0 Å². The molecule has 0 saturated carbocycles. The van der Waals surface area contributed by atoms with Gasteiger partial charge in [-0.25, -0.2) is 4.98 Å². The molecule has 1 aromatic carbocycles. The molecule has 1 saturated heterocycles. The number of benzene rings is 1. The van der Waals surface area contributed by atoms with E-state index in [1.807, 2.05) is 42.5 Å². The fourth-order valence-electron chi connectivity index (χ4n) is 4.28. The van der Waals surface area contributed by atoms with Crippen molar-refractivity contribution < 1.29 is 14.0 Å². The van der Waals surface area contributed by atoms with Crippen LogP contribution in [0.3, 0.4) is 0 Å². The molecule has 0 aliphatic carbocycles. The van der Waals surface area contributed by atoms with E-state index in [2.05, 4.69) is 19.7 Å². The first-order valence-electron chi connectivity index (χ1n) is 9.90. The highest BCUT2D eigenvalue weighted by molar-refractivity contribution is 5.77. The van der Waals surface area contributed by atoms with E-state index in [0.29, 0.717) is 30.4 Å². The van der Waals surface area contributed by atoms with Gasteiger partial charge >= 0.3 is 0 Å². The molecule has 2 aliphatic heterocycles. The molecule has 30 heavy (non-hydrogen) atoms. The van der Waals surface area contributed by atoms with Crippen molar-refractivity contribution in [2.24, 2.45) is 7.05 Å². The molecule has 0 radical (unpaired) electrons. The predicted molar refractivity (Wildman–Crippen MR) is 107 cm³/mol. The Morgan fingerprint density at radius 2 is 2.17 bits per heavy atom. The summed E-state index contributed by atoms with van der Waals surface area (Å²) < 4.78 is 20.4. The van der Waals surface area contributed by atoms with Crippen molar-refractivity contribution in [3.63, 3.8) is 0 Å². The Labute approximate surface area is 172 Å². The molecule has 0 bridgehead atoms. The first-order chi connectivity index (χ1) is 14.7. The number of fused-ring (bicyclic) bond motifs is 5. The van der Waals surface area contributed by atoms with Gasteiger partial charge in [-0.05, 0) is 24.6 Å². The Balaban J connectivity index is 1.51. The van der Waals surface area contributed by atoms with Crippen LogP contribution in [0.1, 0.15) is 29.4 Å². The van der Waals surface area contributed by atoms with Gasteiger partial charge in [0, 0.05) is 43.3 Å². The number of aryl methyl sites for hydroxylation is 1. The number of methoxy groups -OCH3 is 1. The van der Waals surface area contributed by atoms with Crippen molar-refractivity contribution in [3.05, 3.63) is 47.8 Å². The van der Waals surface area contributed by atoms with Gasteiger partial charge in [0.1, 0.15) is 12.1 Å². The second kappa shape index (κ2) is 6.53. The van der Waals surface area contributed by atoms with E-state index in [1.165, 1.54) is 0 Å². The summed E-state index contributed by atoms with van der Waals surface area (Å²) in [5.41, 5.74) is 5.73. The fraction of sp³-hybridized carbons (Fsp3) is 0.333. The van der Waals surface area contributed by atoms with E-state index < -0.39 is 0 Å². The van der Waals surface area contributed by atoms with E-state index in [1.54, 1.807) is 7.11 Å². The van der Waals surface area contributed by atoms with Crippen LogP contribution in [0, 0.1) is 0 Å². The lowest BCUT2D eigenvalue weighted by atomic mass is 10.0. The third kappa shape index (κ3) is 2.58. The minimum Gasteiger partial charge on any atom is -0.497 e. The van der Waals surface area contributed by atoms with Gasteiger partial charge in [-0.1, -0.05) is 5.16 Å². The van der Waals surface area contributed by atoms with Gasteiger partial charge in [0.15, 0.2) is 11.5 Å². The Morgan fingerprint density at radius 3 is 3.00 bits per heavy atom. The SMILES string of the molecule is COc1ccc2c(c1)-c1nn(C)cc1Cc1c(-c3nc([C@H]4CCOC4)no3)ncn1-2. The van der Waals surface area contributed by atoms with Crippen molar-refractivity contribution in [1.82, 2.24) is 29.5 Å². The van der Waals surface area contributed by atoms with Gasteiger partial charge in [-0.15, -0.1) is 0 Å². The van der Waals surface area contributed by atoms with Crippen LogP contribution in [0.2, 0.25) is 0 Å². The number of rotatable bonds is 3. The zero-order valence-corrected chi connectivity index (χ0v) is 16.7. The van der Waals surface area contributed by atoms with Crippen LogP contribution in [0.5, 0.6) is 5.75 Å². The molecule has 152 valence electrons. The second-order valence-corrected chi connectivity index (χ2v) is 7.66. The number of ether oxygens (including phenoxy) is 2. The molecule has 0 N–H and O–H groups in total. The Kier molecular flexibility index (Phi) is 3.79.